The van der Waals surface area contributed by atoms with E-state index in [1.165, 1.54) is 0 Å². The van der Waals surface area contributed by atoms with Crippen molar-refractivity contribution in [3.05, 3.63) is 35.5 Å². The number of ether oxygens (including phenoxy) is 2. The quantitative estimate of drug-likeness (QED) is 0.774. The molecule has 8 nitrogen and oxygen atoms in total. The fourth-order valence-corrected chi connectivity index (χ4v) is 2.76. The lowest BCUT2D eigenvalue weighted by molar-refractivity contribution is 0.00776. The van der Waals surface area contributed by atoms with Crippen molar-refractivity contribution < 1.29 is 14.3 Å². The number of piperidine rings is 1. The van der Waals surface area contributed by atoms with Crippen LogP contribution in [0.4, 0.5) is 10.5 Å². The molecule has 1 aromatic rings. The second-order valence-corrected chi connectivity index (χ2v) is 7.54. The Morgan fingerprint density at radius 2 is 1.79 bits per heavy atom. The molecule has 0 bridgehead atoms. The number of rotatable bonds is 4. The van der Waals surface area contributed by atoms with Gasteiger partial charge < -0.3 is 19.7 Å². The zero-order chi connectivity index (χ0) is 21.4. The predicted molar refractivity (Wildman–Crippen MR) is 105 cm³/mol. The summed E-state index contributed by atoms with van der Waals surface area (Å²) < 4.78 is 11.4. The molecular formula is C21H23N5O3. The maximum Gasteiger partial charge on any atom is 0.410 e. The Labute approximate surface area is 170 Å². The molecule has 1 aliphatic heterocycles. The first-order valence-electron chi connectivity index (χ1n) is 9.22. The summed E-state index contributed by atoms with van der Waals surface area (Å²) in [6, 6.07) is 12.0. The Morgan fingerprint density at radius 3 is 2.34 bits per heavy atom. The molecule has 1 N–H and O–H groups in total. The van der Waals surface area contributed by atoms with E-state index >= 15 is 0 Å². The molecule has 8 heteroatoms. The van der Waals surface area contributed by atoms with E-state index in [-0.39, 0.29) is 23.5 Å². The molecule has 1 saturated heterocycles. The van der Waals surface area contributed by atoms with E-state index in [1.807, 2.05) is 26.8 Å². The van der Waals surface area contributed by atoms with Crippen LogP contribution in [0.1, 0.15) is 33.6 Å². The molecule has 150 valence electrons. The third-order valence-corrected chi connectivity index (χ3v) is 4.04. The van der Waals surface area contributed by atoms with E-state index in [0.717, 1.165) is 12.8 Å². The molecule has 1 atom stereocenters. The van der Waals surface area contributed by atoms with E-state index in [4.69, 9.17) is 25.3 Å². The molecule has 1 heterocycles. The summed E-state index contributed by atoms with van der Waals surface area (Å²) in [5, 5.41) is 29.6. The van der Waals surface area contributed by atoms with Gasteiger partial charge in [0.1, 0.15) is 41.4 Å². The molecule has 0 aromatic heterocycles. The fraction of sp³-hybridized carbons (Fsp3) is 0.429. The average molecular weight is 393 g/mol. The highest BCUT2D eigenvalue weighted by atomic mass is 16.6. The first-order chi connectivity index (χ1) is 13.8. The maximum absolute atomic E-state index is 12.3. The minimum absolute atomic E-state index is 0.107. The molecule has 1 unspecified atom stereocenters. The van der Waals surface area contributed by atoms with Gasteiger partial charge in [0, 0.05) is 12.2 Å². The number of carbonyl (C=O) groups is 1. The van der Waals surface area contributed by atoms with Crippen molar-refractivity contribution in [2.45, 2.75) is 45.3 Å². The summed E-state index contributed by atoms with van der Waals surface area (Å²) in [7, 11) is 0. The van der Waals surface area contributed by atoms with Crippen molar-refractivity contribution in [2.24, 2.45) is 0 Å². The standard InChI is InChI=1S/C21H23N5O3/c1-21(2,3)29-20(27)26-10-4-5-18(14-26)28-17-8-6-16(7-9-17)25-19(13-24)15(11-22)12-23/h6-9,18,25H,4-5,10,14H2,1-3H3. The SMILES string of the molecule is CC(C)(C)OC(=O)N1CCCC(Oc2ccc(NC(C#N)=C(C#N)C#N)cc2)C1. The van der Waals surface area contributed by atoms with Gasteiger partial charge in [-0.15, -0.1) is 0 Å². The summed E-state index contributed by atoms with van der Waals surface area (Å²) in [6.07, 6.45) is 1.17. The summed E-state index contributed by atoms with van der Waals surface area (Å²) in [5.74, 6) is 0.620. The highest BCUT2D eigenvalue weighted by Crippen LogP contribution is 2.22. The highest BCUT2D eigenvalue weighted by molar-refractivity contribution is 5.68. The molecule has 1 aromatic carbocycles. The molecule has 1 fully saturated rings. The lowest BCUT2D eigenvalue weighted by Gasteiger charge is -2.34. The number of nitriles is 3. The van der Waals surface area contributed by atoms with Crippen LogP contribution in [-0.2, 0) is 4.74 Å². The van der Waals surface area contributed by atoms with Gasteiger partial charge >= 0.3 is 6.09 Å². The third kappa shape index (κ3) is 6.45. The number of benzene rings is 1. The van der Waals surface area contributed by atoms with Crippen LogP contribution in [-0.4, -0.2) is 35.8 Å². The van der Waals surface area contributed by atoms with Crippen LogP contribution in [0.5, 0.6) is 5.75 Å². The number of allylic oxidation sites excluding steroid dienone is 2. The number of hydrogen-bond acceptors (Lipinski definition) is 7. The zero-order valence-electron chi connectivity index (χ0n) is 16.7. The fourth-order valence-electron chi connectivity index (χ4n) is 2.76. The summed E-state index contributed by atoms with van der Waals surface area (Å²) in [6.45, 7) is 6.59. The highest BCUT2D eigenvalue weighted by Gasteiger charge is 2.28. The number of amides is 1. The first-order valence-corrected chi connectivity index (χ1v) is 9.22. The summed E-state index contributed by atoms with van der Waals surface area (Å²) >= 11 is 0. The normalized spacial score (nSPS) is 15.9. The average Bonchev–Trinajstić information content (AvgIpc) is 2.68. The van der Waals surface area contributed by atoms with Crippen LogP contribution in [0.25, 0.3) is 0 Å². The van der Waals surface area contributed by atoms with Crippen molar-refractivity contribution in [2.75, 3.05) is 18.4 Å². The van der Waals surface area contributed by atoms with Crippen LogP contribution in [0.3, 0.4) is 0 Å². The Hall–Kier alpha value is -3.70. The molecule has 29 heavy (non-hydrogen) atoms. The molecule has 0 aliphatic carbocycles. The Kier molecular flexibility index (Phi) is 7.06. The molecule has 2 rings (SSSR count). The minimum atomic E-state index is -0.540. The van der Waals surface area contributed by atoms with E-state index in [9.17, 15) is 4.79 Å². The minimum Gasteiger partial charge on any atom is -0.489 e. The first kappa shape index (κ1) is 21.6. The lowest BCUT2D eigenvalue weighted by Crippen LogP contribution is -2.46. The Bertz CT molecular complexity index is 879. The molecule has 0 radical (unpaired) electrons. The third-order valence-electron chi connectivity index (χ3n) is 4.04. The Morgan fingerprint density at radius 1 is 1.14 bits per heavy atom. The van der Waals surface area contributed by atoms with Gasteiger partial charge in [-0.2, -0.15) is 15.8 Å². The van der Waals surface area contributed by atoms with Gasteiger partial charge in [-0.1, -0.05) is 0 Å². The molecule has 0 saturated carbocycles. The summed E-state index contributed by atoms with van der Waals surface area (Å²) in [5.41, 5.74) is -0.376. The number of nitrogens with zero attached hydrogens (tertiary/aromatic N) is 4. The molecule has 0 spiro atoms. The van der Waals surface area contributed by atoms with Gasteiger partial charge in [-0.3, -0.25) is 0 Å². The van der Waals surface area contributed by atoms with Gasteiger partial charge in [0.05, 0.1) is 6.54 Å². The predicted octanol–water partition coefficient (Wildman–Crippen LogP) is 3.70. The second-order valence-electron chi connectivity index (χ2n) is 7.54. The number of carbonyl (C=O) groups excluding carboxylic acids is 1. The van der Waals surface area contributed by atoms with Crippen LogP contribution >= 0.6 is 0 Å². The number of anilines is 1. The lowest BCUT2D eigenvalue weighted by atomic mass is 10.1. The molecule has 1 amide bonds. The van der Waals surface area contributed by atoms with Crippen LogP contribution in [0, 0.1) is 34.0 Å². The van der Waals surface area contributed by atoms with Gasteiger partial charge in [-0.25, -0.2) is 4.79 Å². The van der Waals surface area contributed by atoms with Crippen molar-refractivity contribution in [3.8, 4) is 24.0 Å². The Balaban J connectivity index is 1.99. The van der Waals surface area contributed by atoms with E-state index < -0.39 is 5.60 Å². The number of hydrogen-bond donors (Lipinski definition) is 1. The van der Waals surface area contributed by atoms with Crippen LogP contribution in [0.2, 0.25) is 0 Å². The van der Waals surface area contributed by atoms with Crippen molar-refractivity contribution in [3.63, 3.8) is 0 Å². The second kappa shape index (κ2) is 9.48. The van der Waals surface area contributed by atoms with Crippen molar-refractivity contribution in [1.29, 1.82) is 15.8 Å². The van der Waals surface area contributed by atoms with E-state index in [0.29, 0.717) is 24.5 Å². The largest absolute Gasteiger partial charge is 0.489 e. The van der Waals surface area contributed by atoms with Gasteiger partial charge in [0.25, 0.3) is 0 Å². The number of likely N-dealkylation sites (tertiary alicyclic amines) is 1. The molecular weight excluding hydrogens is 370 g/mol. The van der Waals surface area contributed by atoms with E-state index in [1.54, 1.807) is 41.3 Å². The molecule has 1 aliphatic rings. The van der Waals surface area contributed by atoms with Gasteiger partial charge in [0.15, 0.2) is 5.57 Å². The van der Waals surface area contributed by atoms with E-state index in [2.05, 4.69) is 5.32 Å². The van der Waals surface area contributed by atoms with Crippen LogP contribution < -0.4 is 10.1 Å². The monoisotopic (exact) mass is 393 g/mol. The van der Waals surface area contributed by atoms with Gasteiger partial charge in [0.2, 0.25) is 0 Å². The van der Waals surface area contributed by atoms with Crippen molar-refractivity contribution in [1.82, 2.24) is 4.90 Å². The van der Waals surface area contributed by atoms with Gasteiger partial charge in [-0.05, 0) is 57.9 Å². The smallest absolute Gasteiger partial charge is 0.410 e. The topological polar surface area (TPSA) is 122 Å². The van der Waals surface area contributed by atoms with Crippen molar-refractivity contribution >= 4 is 11.8 Å². The number of nitrogens with one attached hydrogen (secondary N) is 1. The summed E-state index contributed by atoms with van der Waals surface area (Å²) in [4.78, 5) is 13.9. The maximum atomic E-state index is 12.3. The van der Waals surface area contributed by atoms with Crippen LogP contribution in [0.15, 0.2) is 35.5 Å². The zero-order valence-corrected chi connectivity index (χ0v) is 16.7.